The quantitative estimate of drug-likeness (QED) is 0.899. The van der Waals surface area contributed by atoms with Crippen molar-refractivity contribution in [3.63, 3.8) is 0 Å². The number of rotatable bonds is 5. The summed E-state index contributed by atoms with van der Waals surface area (Å²) in [5.41, 5.74) is 2.00. The Hall–Kier alpha value is -1.81. The lowest BCUT2D eigenvalue weighted by Gasteiger charge is -2.20. The number of benzene rings is 1. The second-order valence-electron chi connectivity index (χ2n) is 4.85. The van der Waals surface area contributed by atoms with Gasteiger partial charge in [-0.1, -0.05) is 19.1 Å². The second kappa shape index (κ2) is 6.57. The van der Waals surface area contributed by atoms with Crippen molar-refractivity contribution in [1.29, 1.82) is 0 Å². The molecule has 0 aliphatic heterocycles. The molecule has 0 amide bonds. The Morgan fingerprint density at radius 3 is 2.65 bits per heavy atom. The summed E-state index contributed by atoms with van der Waals surface area (Å²) >= 11 is 0. The first-order valence-electron chi connectivity index (χ1n) is 6.71. The maximum atomic E-state index is 14.2. The van der Waals surface area contributed by atoms with Crippen molar-refractivity contribution >= 4 is 0 Å². The van der Waals surface area contributed by atoms with E-state index in [4.69, 9.17) is 0 Å². The standard InChI is InChI=1S/C16H18F2N2/c1-3-6-20-16(12-8-13(17)10-19-9-12)14-5-4-11(2)7-15(14)18/h4-5,7-10,16,20H,3,6H2,1-2H3. The van der Waals surface area contributed by atoms with E-state index in [2.05, 4.69) is 10.3 Å². The van der Waals surface area contributed by atoms with Crippen molar-refractivity contribution in [3.8, 4) is 0 Å². The number of nitrogens with zero attached hydrogens (tertiary/aromatic N) is 1. The summed E-state index contributed by atoms with van der Waals surface area (Å²) in [5, 5.41) is 3.24. The van der Waals surface area contributed by atoms with E-state index < -0.39 is 11.9 Å². The SMILES string of the molecule is CCCNC(c1cncc(F)c1)c1ccc(C)cc1F. The lowest BCUT2D eigenvalue weighted by molar-refractivity contribution is 0.540. The largest absolute Gasteiger partial charge is 0.306 e. The normalized spacial score (nSPS) is 12.4. The van der Waals surface area contributed by atoms with E-state index in [9.17, 15) is 8.78 Å². The Kier molecular flexibility index (Phi) is 4.79. The topological polar surface area (TPSA) is 24.9 Å². The third kappa shape index (κ3) is 3.39. The number of halogens is 2. The van der Waals surface area contributed by atoms with Gasteiger partial charge in [0.25, 0.3) is 0 Å². The van der Waals surface area contributed by atoms with Crippen LogP contribution < -0.4 is 5.32 Å². The summed E-state index contributed by atoms with van der Waals surface area (Å²) in [4.78, 5) is 3.85. The zero-order valence-electron chi connectivity index (χ0n) is 11.7. The van der Waals surface area contributed by atoms with E-state index in [0.717, 1.165) is 18.2 Å². The van der Waals surface area contributed by atoms with Gasteiger partial charge in [0.1, 0.15) is 11.6 Å². The number of aromatic nitrogens is 1. The molecule has 0 aliphatic rings. The first kappa shape index (κ1) is 14.6. The Morgan fingerprint density at radius 1 is 1.20 bits per heavy atom. The number of aryl methyl sites for hydroxylation is 1. The smallest absolute Gasteiger partial charge is 0.141 e. The van der Waals surface area contributed by atoms with Crippen LogP contribution in [0.1, 0.15) is 36.1 Å². The first-order chi connectivity index (χ1) is 9.61. The van der Waals surface area contributed by atoms with Crippen LogP contribution in [0, 0.1) is 18.6 Å². The fraction of sp³-hybridized carbons (Fsp3) is 0.312. The Bertz CT molecular complexity index is 584. The molecule has 1 heterocycles. The van der Waals surface area contributed by atoms with Crippen LogP contribution in [0.15, 0.2) is 36.7 Å². The van der Waals surface area contributed by atoms with Crippen molar-refractivity contribution in [3.05, 3.63) is 65.0 Å². The van der Waals surface area contributed by atoms with Gasteiger partial charge in [-0.25, -0.2) is 8.78 Å². The van der Waals surface area contributed by atoms with E-state index in [0.29, 0.717) is 17.7 Å². The van der Waals surface area contributed by atoms with Gasteiger partial charge in [-0.3, -0.25) is 4.98 Å². The molecule has 1 unspecified atom stereocenters. The van der Waals surface area contributed by atoms with E-state index in [1.54, 1.807) is 12.3 Å². The third-order valence-corrected chi connectivity index (χ3v) is 3.12. The molecule has 0 aliphatic carbocycles. The van der Waals surface area contributed by atoms with E-state index in [-0.39, 0.29) is 5.82 Å². The zero-order valence-corrected chi connectivity index (χ0v) is 11.7. The van der Waals surface area contributed by atoms with Crippen LogP contribution in [0.3, 0.4) is 0 Å². The van der Waals surface area contributed by atoms with Gasteiger partial charge < -0.3 is 5.32 Å². The number of pyridine rings is 1. The first-order valence-corrected chi connectivity index (χ1v) is 6.71. The Morgan fingerprint density at radius 2 is 2.00 bits per heavy atom. The molecule has 2 aromatic rings. The number of hydrogen-bond donors (Lipinski definition) is 1. The van der Waals surface area contributed by atoms with E-state index >= 15 is 0 Å². The fourth-order valence-corrected chi connectivity index (χ4v) is 2.15. The molecule has 0 saturated heterocycles. The highest BCUT2D eigenvalue weighted by molar-refractivity contribution is 5.33. The monoisotopic (exact) mass is 276 g/mol. The van der Waals surface area contributed by atoms with Crippen molar-refractivity contribution in [2.45, 2.75) is 26.3 Å². The van der Waals surface area contributed by atoms with E-state index in [1.807, 2.05) is 19.9 Å². The molecule has 0 radical (unpaired) electrons. The molecule has 1 atom stereocenters. The third-order valence-electron chi connectivity index (χ3n) is 3.12. The van der Waals surface area contributed by atoms with Crippen LogP contribution in [0.2, 0.25) is 0 Å². The van der Waals surface area contributed by atoms with Crippen LogP contribution in [0.4, 0.5) is 8.78 Å². The van der Waals surface area contributed by atoms with Gasteiger partial charge in [0.05, 0.1) is 12.2 Å². The molecule has 106 valence electrons. The van der Waals surface area contributed by atoms with Gasteiger partial charge in [-0.15, -0.1) is 0 Å². The number of nitrogens with one attached hydrogen (secondary N) is 1. The van der Waals surface area contributed by atoms with Crippen LogP contribution >= 0.6 is 0 Å². The van der Waals surface area contributed by atoms with Crippen LogP contribution in [-0.2, 0) is 0 Å². The lowest BCUT2D eigenvalue weighted by Crippen LogP contribution is -2.24. The molecule has 1 N–H and O–H groups in total. The molecule has 1 aromatic heterocycles. The van der Waals surface area contributed by atoms with Crippen molar-refractivity contribution in [2.75, 3.05) is 6.54 Å². The van der Waals surface area contributed by atoms with Crippen LogP contribution in [-0.4, -0.2) is 11.5 Å². The molecule has 20 heavy (non-hydrogen) atoms. The predicted octanol–water partition coefficient (Wildman–Crippen LogP) is 3.76. The van der Waals surface area contributed by atoms with Gasteiger partial charge in [0.15, 0.2) is 0 Å². The molecule has 2 rings (SSSR count). The minimum Gasteiger partial charge on any atom is -0.306 e. The average Bonchev–Trinajstić information content (AvgIpc) is 2.41. The van der Waals surface area contributed by atoms with Crippen LogP contribution in [0.5, 0.6) is 0 Å². The molecular formula is C16H18F2N2. The van der Waals surface area contributed by atoms with Gasteiger partial charge in [-0.2, -0.15) is 0 Å². The fourth-order valence-electron chi connectivity index (χ4n) is 2.15. The van der Waals surface area contributed by atoms with Gasteiger partial charge in [0.2, 0.25) is 0 Å². The van der Waals surface area contributed by atoms with Gasteiger partial charge in [0, 0.05) is 11.8 Å². The van der Waals surface area contributed by atoms with Crippen LogP contribution in [0.25, 0.3) is 0 Å². The van der Waals surface area contributed by atoms with Crippen molar-refractivity contribution in [2.24, 2.45) is 0 Å². The minimum absolute atomic E-state index is 0.289. The zero-order chi connectivity index (χ0) is 14.5. The molecule has 0 spiro atoms. The highest BCUT2D eigenvalue weighted by atomic mass is 19.1. The summed E-state index contributed by atoms with van der Waals surface area (Å²) < 4.78 is 27.5. The Labute approximate surface area is 117 Å². The van der Waals surface area contributed by atoms with Gasteiger partial charge in [-0.05, 0) is 43.1 Å². The summed E-state index contributed by atoms with van der Waals surface area (Å²) in [7, 11) is 0. The highest BCUT2D eigenvalue weighted by Crippen LogP contribution is 2.25. The molecule has 0 saturated carbocycles. The number of hydrogen-bond acceptors (Lipinski definition) is 2. The maximum Gasteiger partial charge on any atom is 0.141 e. The maximum absolute atomic E-state index is 14.2. The van der Waals surface area contributed by atoms with Crippen molar-refractivity contribution < 1.29 is 8.78 Å². The molecule has 1 aromatic carbocycles. The summed E-state index contributed by atoms with van der Waals surface area (Å²) in [6.07, 6.45) is 3.62. The average molecular weight is 276 g/mol. The second-order valence-corrected chi connectivity index (χ2v) is 4.85. The summed E-state index contributed by atoms with van der Waals surface area (Å²) in [6, 6.07) is 6.08. The van der Waals surface area contributed by atoms with Crippen molar-refractivity contribution in [1.82, 2.24) is 10.3 Å². The lowest BCUT2D eigenvalue weighted by atomic mass is 9.98. The summed E-state index contributed by atoms with van der Waals surface area (Å²) in [5.74, 6) is -0.707. The highest BCUT2D eigenvalue weighted by Gasteiger charge is 2.18. The molecule has 4 heteroatoms. The molecular weight excluding hydrogens is 258 g/mol. The molecule has 2 nitrogen and oxygen atoms in total. The van der Waals surface area contributed by atoms with Gasteiger partial charge >= 0.3 is 0 Å². The molecule has 0 bridgehead atoms. The summed E-state index contributed by atoms with van der Waals surface area (Å²) in [6.45, 7) is 4.58. The van der Waals surface area contributed by atoms with E-state index in [1.165, 1.54) is 12.1 Å². The molecule has 0 fully saturated rings. The predicted molar refractivity (Wildman–Crippen MR) is 75.5 cm³/mol. The Balaban J connectivity index is 2.41. The minimum atomic E-state index is -0.418.